The van der Waals surface area contributed by atoms with Gasteiger partial charge >= 0.3 is 6.18 Å². The molecule has 1 aliphatic heterocycles. The van der Waals surface area contributed by atoms with E-state index >= 15 is 0 Å². The van der Waals surface area contributed by atoms with Gasteiger partial charge in [-0.25, -0.2) is 21.9 Å². The molecule has 2 atom stereocenters. The van der Waals surface area contributed by atoms with Crippen LogP contribution in [0.1, 0.15) is 59.1 Å². The van der Waals surface area contributed by atoms with Crippen LogP contribution in [0.3, 0.4) is 0 Å². The third-order valence-electron chi connectivity index (χ3n) is 6.27. The largest absolute Gasteiger partial charge is 0.489 e. The summed E-state index contributed by atoms with van der Waals surface area (Å²) in [5, 5.41) is -0.341. The van der Waals surface area contributed by atoms with Crippen molar-refractivity contribution in [3.05, 3.63) is 63.7 Å². The normalized spacial score (nSPS) is 19.9. The lowest BCUT2D eigenvalue weighted by molar-refractivity contribution is -0.192. The molecule has 0 unspecified atom stereocenters. The highest BCUT2D eigenvalue weighted by molar-refractivity contribution is 7.89. The number of benzene rings is 2. The van der Waals surface area contributed by atoms with E-state index in [4.69, 9.17) is 16.3 Å². The highest BCUT2D eigenvalue weighted by atomic mass is 35.5. The van der Waals surface area contributed by atoms with Gasteiger partial charge in [0.05, 0.1) is 11.8 Å². The van der Waals surface area contributed by atoms with Crippen molar-refractivity contribution in [3.63, 3.8) is 0 Å². The topological polar surface area (TPSA) is 75.7 Å². The first-order chi connectivity index (χ1) is 17.2. The lowest BCUT2D eigenvalue weighted by atomic mass is 9.99. The van der Waals surface area contributed by atoms with Crippen molar-refractivity contribution < 1.29 is 39.9 Å². The molecule has 2 fully saturated rings. The van der Waals surface area contributed by atoms with Crippen LogP contribution in [0.4, 0.5) is 22.0 Å². The minimum atomic E-state index is -4.71. The average Bonchev–Trinajstić information content (AvgIpc) is 3.59. The van der Waals surface area contributed by atoms with E-state index < -0.39 is 51.5 Å². The fraction of sp³-hybridized carbons (Fsp3) is 0.458. The van der Waals surface area contributed by atoms with E-state index in [-0.39, 0.29) is 35.3 Å². The number of halogens is 6. The van der Waals surface area contributed by atoms with E-state index in [9.17, 15) is 35.2 Å². The van der Waals surface area contributed by atoms with Gasteiger partial charge in [-0.05, 0) is 67.5 Å². The molecule has 13 heteroatoms. The number of alkyl halides is 3. The number of carbonyl (C=O) groups is 1. The lowest BCUT2D eigenvalue weighted by Crippen LogP contribution is -2.47. The lowest BCUT2D eigenvalue weighted by Gasteiger charge is -2.39. The number of ether oxygens (including phenoxy) is 1. The number of hydrogen-bond donors (Lipinski definition) is 1. The van der Waals surface area contributed by atoms with E-state index in [0.717, 1.165) is 48.3 Å². The van der Waals surface area contributed by atoms with Crippen molar-refractivity contribution >= 4 is 27.5 Å². The fourth-order valence-corrected chi connectivity index (χ4v) is 5.28. The van der Waals surface area contributed by atoms with Crippen LogP contribution in [0.15, 0.2) is 30.3 Å². The van der Waals surface area contributed by atoms with Crippen LogP contribution in [-0.2, 0) is 10.0 Å². The van der Waals surface area contributed by atoms with Crippen molar-refractivity contribution in [1.82, 2.24) is 9.62 Å². The molecule has 37 heavy (non-hydrogen) atoms. The van der Waals surface area contributed by atoms with Gasteiger partial charge in [0.25, 0.3) is 5.91 Å². The summed E-state index contributed by atoms with van der Waals surface area (Å²) in [7, 11) is -3.92. The number of sulfonamides is 1. The molecule has 1 aliphatic carbocycles. The Morgan fingerprint density at radius 2 is 1.86 bits per heavy atom. The summed E-state index contributed by atoms with van der Waals surface area (Å²) in [6.07, 6.45) is -2.43. The highest BCUT2D eigenvalue weighted by Crippen LogP contribution is 2.46. The first-order valence-electron chi connectivity index (χ1n) is 11.5. The SMILES string of the molecule is CS(=O)(=O)NC(=O)c1cc(C2CC2)c(O[C@@H]2CCCN([C@H](c3ccc(F)cc3Cl)C(F)(F)F)C2)cc1F. The van der Waals surface area contributed by atoms with Crippen LogP contribution >= 0.6 is 11.6 Å². The Bertz CT molecular complexity index is 1300. The Morgan fingerprint density at radius 3 is 2.46 bits per heavy atom. The second-order valence-electron chi connectivity index (χ2n) is 9.33. The third kappa shape index (κ3) is 6.71. The Labute approximate surface area is 215 Å². The number of rotatable bonds is 7. The minimum Gasteiger partial charge on any atom is -0.489 e. The quantitative estimate of drug-likeness (QED) is 0.459. The second-order valence-corrected chi connectivity index (χ2v) is 11.5. The summed E-state index contributed by atoms with van der Waals surface area (Å²) in [5.74, 6) is -2.83. The molecule has 4 rings (SSSR count). The summed E-state index contributed by atoms with van der Waals surface area (Å²) in [6.45, 7) is -0.0634. The van der Waals surface area contributed by atoms with Gasteiger partial charge in [0.1, 0.15) is 29.5 Å². The summed E-state index contributed by atoms with van der Waals surface area (Å²) in [5.41, 5.74) is -0.249. The van der Waals surface area contributed by atoms with E-state index in [1.807, 2.05) is 0 Å². The molecule has 202 valence electrons. The van der Waals surface area contributed by atoms with Crippen LogP contribution in [-0.4, -0.2) is 50.9 Å². The number of likely N-dealkylation sites (tertiary alicyclic amines) is 1. The van der Waals surface area contributed by atoms with Gasteiger partial charge in [0.15, 0.2) is 0 Å². The Hall–Kier alpha value is -2.44. The van der Waals surface area contributed by atoms with Gasteiger partial charge in [-0.3, -0.25) is 9.69 Å². The summed E-state index contributed by atoms with van der Waals surface area (Å²) < 4.78 is 101. The maximum atomic E-state index is 14.8. The van der Waals surface area contributed by atoms with Gasteiger partial charge in [0.2, 0.25) is 10.0 Å². The predicted octanol–water partition coefficient (Wildman–Crippen LogP) is 5.33. The van der Waals surface area contributed by atoms with Crippen LogP contribution in [0.5, 0.6) is 5.75 Å². The van der Waals surface area contributed by atoms with E-state index in [1.54, 1.807) is 4.72 Å². The van der Waals surface area contributed by atoms with E-state index in [0.29, 0.717) is 18.4 Å². The third-order valence-corrected chi connectivity index (χ3v) is 7.16. The molecule has 2 aliphatic rings. The molecule has 0 bridgehead atoms. The number of amides is 1. The Balaban J connectivity index is 1.59. The maximum Gasteiger partial charge on any atom is 0.408 e. The zero-order valence-corrected chi connectivity index (χ0v) is 21.2. The molecule has 1 N–H and O–H groups in total. The summed E-state index contributed by atoms with van der Waals surface area (Å²) in [4.78, 5) is 13.4. The Kier molecular flexibility index (Phi) is 7.74. The molecule has 0 spiro atoms. The van der Waals surface area contributed by atoms with E-state index in [2.05, 4.69) is 0 Å². The number of carbonyl (C=O) groups excluding carboxylic acids is 1. The number of nitrogens with zero attached hydrogens (tertiary/aromatic N) is 1. The zero-order chi connectivity index (χ0) is 27.1. The van der Waals surface area contributed by atoms with Gasteiger partial charge in [-0.2, -0.15) is 13.2 Å². The maximum absolute atomic E-state index is 14.8. The number of piperidine rings is 1. The molecular weight excluding hydrogens is 543 g/mol. The van der Waals surface area contributed by atoms with Crippen molar-refractivity contribution in [2.45, 2.75) is 49.9 Å². The van der Waals surface area contributed by atoms with Crippen LogP contribution in [0.2, 0.25) is 5.02 Å². The van der Waals surface area contributed by atoms with Gasteiger partial charge in [-0.1, -0.05) is 17.7 Å². The molecule has 2 aromatic carbocycles. The average molecular weight is 567 g/mol. The molecule has 0 aromatic heterocycles. The van der Waals surface area contributed by atoms with Crippen molar-refractivity contribution in [2.24, 2.45) is 0 Å². The van der Waals surface area contributed by atoms with Crippen molar-refractivity contribution in [1.29, 1.82) is 0 Å². The number of hydrogen-bond acceptors (Lipinski definition) is 5. The van der Waals surface area contributed by atoms with Crippen molar-refractivity contribution in [3.8, 4) is 5.75 Å². The Morgan fingerprint density at radius 1 is 1.16 bits per heavy atom. The molecule has 1 saturated heterocycles. The van der Waals surface area contributed by atoms with Crippen LogP contribution in [0, 0.1) is 11.6 Å². The van der Waals surface area contributed by atoms with Gasteiger partial charge < -0.3 is 4.74 Å². The fourth-order valence-electron chi connectivity index (χ4n) is 4.56. The highest BCUT2D eigenvalue weighted by Gasteiger charge is 2.47. The predicted molar refractivity (Wildman–Crippen MR) is 126 cm³/mol. The van der Waals surface area contributed by atoms with Crippen molar-refractivity contribution in [2.75, 3.05) is 19.3 Å². The standard InChI is InChI=1S/C24H24ClF5N2O4S/c1-37(34,35)31-23(33)18-10-17(13-4-5-13)21(11-20(18)27)36-15-3-2-8-32(12-15)22(24(28,29)30)16-7-6-14(26)9-19(16)25/h6-7,9-11,13,15,22H,2-5,8,12H2,1H3,(H,31,33)/t15-,22-/m1/s1. The summed E-state index contributed by atoms with van der Waals surface area (Å²) >= 11 is 5.97. The molecule has 1 saturated carbocycles. The molecule has 0 radical (unpaired) electrons. The van der Waals surface area contributed by atoms with E-state index in [1.165, 1.54) is 6.07 Å². The second kappa shape index (κ2) is 10.4. The zero-order valence-electron chi connectivity index (χ0n) is 19.6. The monoisotopic (exact) mass is 566 g/mol. The first-order valence-corrected chi connectivity index (χ1v) is 13.8. The first kappa shape index (κ1) is 27.6. The molecule has 6 nitrogen and oxygen atoms in total. The molecule has 1 heterocycles. The van der Waals surface area contributed by atoms with Crippen LogP contribution in [0.25, 0.3) is 0 Å². The smallest absolute Gasteiger partial charge is 0.408 e. The number of nitrogens with one attached hydrogen (secondary N) is 1. The van der Waals surface area contributed by atoms with Crippen LogP contribution < -0.4 is 9.46 Å². The molecular formula is C24H24ClF5N2O4S. The van der Waals surface area contributed by atoms with Gasteiger partial charge in [0, 0.05) is 17.6 Å². The minimum absolute atomic E-state index is 0.0407. The molecule has 1 amide bonds. The molecule has 2 aromatic rings. The van der Waals surface area contributed by atoms with Gasteiger partial charge in [-0.15, -0.1) is 0 Å². The summed E-state index contributed by atoms with van der Waals surface area (Å²) in [6, 6.07) is 2.89.